The Morgan fingerprint density at radius 2 is 0.923 bits per heavy atom. The molecule has 0 spiro atoms. The van der Waals surface area contributed by atoms with E-state index < -0.39 is 0 Å². The van der Waals surface area contributed by atoms with E-state index in [2.05, 4.69) is 109 Å². The van der Waals surface area contributed by atoms with Crippen molar-refractivity contribution >= 4 is 70.5 Å². The van der Waals surface area contributed by atoms with E-state index in [1.165, 1.54) is 59.2 Å². The molecule has 39 heavy (non-hydrogen) atoms. The monoisotopic (exact) mass is 495 g/mol. The number of anilines is 1. The lowest BCUT2D eigenvalue weighted by Crippen LogP contribution is -1.99. The van der Waals surface area contributed by atoms with Gasteiger partial charge in [0.2, 0.25) is 0 Å². The molecule has 0 unspecified atom stereocenters. The zero-order chi connectivity index (χ0) is 25.7. The maximum Gasteiger partial charge on any atom is 0.162 e. The molecule has 0 amide bonds. The third-order valence-electron chi connectivity index (χ3n) is 8.30. The standard InChI is InChI=1S/C36H21N3/c37-31-19-30(26-16-14-24-13-11-20-4-1-5-22-15-17-28(26)35(24)32(20)22)38-36(39-31)29-18-25-8-2-6-21-10-12-23-7-3-9-27(29)34(23)33(21)25/h1-19H,(H2,37,38,39). The van der Waals surface area contributed by atoms with Gasteiger partial charge >= 0.3 is 0 Å². The lowest BCUT2D eigenvalue weighted by Gasteiger charge is -2.16. The Bertz CT molecular complexity index is 2390. The highest BCUT2D eigenvalue weighted by Gasteiger charge is 2.18. The average Bonchev–Trinajstić information content (AvgIpc) is 2.98. The van der Waals surface area contributed by atoms with Crippen molar-refractivity contribution in [2.45, 2.75) is 0 Å². The summed E-state index contributed by atoms with van der Waals surface area (Å²) in [5, 5.41) is 14.8. The number of nitrogens with zero attached hydrogens (tertiary/aromatic N) is 2. The van der Waals surface area contributed by atoms with Gasteiger partial charge in [0, 0.05) is 17.2 Å². The number of hydrogen-bond acceptors (Lipinski definition) is 3. The molecule has 0 atom stereocenters. The van der Waals surface area contributed by atoms with Gasteiger partial charge in [-0.1, -0.05) is 103 Å². The van der Waals surface area contributed by atoms with Gasteiger partial charge in [0.1, 0.15) is 5.82 Å². The number of benzene rings is 8. The van der Waals surface area contributed by atoms with Crippen LogP contribution in [0.1, 0.15) is 0 Å². The highest BCUT2D eigenvalue weighted by atomic mass is 14.9. The van der Waals surface area contributed by atoms with E-state index in [9.17, 15) is 0 Å². The maximum atomic E-state index is 6.48. The molecule has 180 valence electrons. The first-order valence-corrected chi connectivity index (χ1v) is 13.2. The van der Waals surface area contributed by atoms with E-state index in [1.54, 1.807) is 0 Å². The Hall–Kier alpha value is -5.28. The van der Waals surface area contributed by atoms with Gasteiger partial charge in [-0.05, 0) is 70.7 Å². The first-order valence-electron chi connectivity index (χ1n) is 13.2. The van der Waals surface area contributed by atoms with Crippen LogP contribution in [0.2, 0.25) is 0 Å². The van der Waals surface area contributed by atoms with Crippen molar-refractivity contribution in [3.05, 3.63) is 115 Å². The van der Waals surface area contributed by atoms with Crippen LogP contribution in [0.5, 0.6) is 0 Å². The van der Waals surface area contributed by atoms with Crippen molar-refractivity contribution in [2.75, 3.05) is 5.73 Å². The molecule has 8 aromatic carbocycles. The second-order valence-electron chi connectivity index (χ2n) is 10.4. The molecule has 0 aliphatic heterocycles. The number of hydrogen-bond donors (Lipinski definition) is 1. The molecule has 0 radical (unpaired) electrons. The first kappa shape index (κ1) is 20.7. The number of nitrogen functional groups attached to an aromatic ring is 1. The van der Waals surface area contributed by atoms with E-state index in [0.717, 1.165) is 22.2 Å². The van der Waals surface area contributed by atoms with Gasteiger partial charge in [0.25, 0.3) is 0 Å². The third-order valence-corrected chi connectivity index (χ3v) is 8.30. The largest absolute Gasteiger partial charge is 0.384 e. The minimum absolute atomic E-state index is 0.464. The van der Waals surface area contributed by atoms with Crippen LogP contribution in [0.4, 0.5) is 5.82 Å². The van der Waals surface area contributed by atoms with Crippen molar-refractivity contribution in [3.63, 3.8) is 0 Å². The minimum atomic E-state index is 0.464. The van der Waals surface area contributed by atoms with Gasteiger partial charge in [-0.25, -0.2) is 9.97 Å². The fourth-order valence-corrected chi connectivity index (χ4v) is 6.63. The molecule has 0 saturated heterocycles. The van der Waals surface area contributed by atoms with Crippen LogP contribution in [-0.2, 0) is 0 Å². The lowest BCUT2D eigenvalue weighted by atomic mass is 9.90. The lowest BCUT2D eigenvalue weighted by molar-refractivity contribution is 1.20. The van der Waals surface area contributed by atoms with Crippen molar-refractivity contribution in [2.24, 2.45) is 0 Å². The Morgan fingerprint density at radius 3 is 1.64 bits per heavy atom. The summed E-state index contributed by atoms with van der Waals surface area (Å²) in [6, 6.07) is 41.1. The number of nitrogens with two attached hydrogens (primary N) is 1. The molecule has 1 aromatic heterocycles. The van der Waals surface area contributed by atoms with Crippen LogP contribution in [0.3, 0.4) is 0 Å². The van der Waals surface area contributed by atoms with Crippen LogP contribution in [0.25, 0.3) is 87.3 Å². The van der Waals surface area contributed by atoms with Gasteiger partial charge in [-0.2, -0.15) is 0 Å². The molecule has 1 heterocycles. The van der Waals surface area contributed by atoms with Crippen molar-refractivity contribution in [3.8, 4) is 22.6 Å². The van der Waals surface area contributed by atoms with Crippen molar-refractivity contribution in [1.82, 2.24) is 9.97 Å². The predicted molar refractivity (Wildman–Crippen MR) is 165 cm³/mol. The molecule has 0 aliphatic carbocycles. The second-order valence-corrected chi connectivity index (χ2v) is 10.4. The van der Waals surface area contributed by atoms with Crippen molar-refractivity contribution < 1.29 is 0 Å². The van der Waals surface area contributed by atoms with E-state index >= 15 is 0 Å². The first-order chi connectivity index (χ1) is 19.2. The average molecular weight is 496 g/mol. The number of aromatic nitrogens is 2. The summed E-state index contributed by atoms with van der Waals surface area (Å²) in [5.41, 5.74) is 9.38. The quantitative estimate of drug-likeness (QED) is 0.243. The molecule has 9 rings (SSSR count). The zero-order valence-corrected chi connectivity index (χ0v) is 20.9. The predicted octanol–water partition coefficient (Wildman–Crippen LogP) is 9.19. The van der Waals surface area contributed by atoms with Crippen LogP contribution < -0.4 is 5.73 Å². The summed E-state index contributed by atoms with van der Waals surface area (Å²) in [4.78, 5) is 9.94. The molecule has 0 saturated carbocycles. The number of rotatable bonds is 2. The topological polar surface area (TPSA) is 51.8 Å². The molecule has 9 aromatic rings. The fourth-order valence-electron chi connectivity index (χ4n) is 6.63. The summed E-state index contributed by atoms with van der Waals surface area (Å²) in [5.74, 6) is 1.11. The normalized spacial score (nSPS) is 12.2. The Balaban J connectivity index is 1.35. The maximum absolute atomic E-state index is 6.48. The Morgan fingerprint density at radius 1 is 0.410 bits per heavy atom. The SMILES string of the molecule is Nc1cc(-c2ccc3ccc4cccc5ccc2c3c45)nc(-c2cc3cccc4ccc5cccc2c5c43)n1. The summed E-state index contributed by atoms with van der Waals surface area (Å²) in [7, 11) is 0. The second kappa shape index (κ2) is 7.40. The summed E-state index contributed by atoms with van der Waals surface area (Å²) in [6.07, 6.45) is 0. The van der Waals surface area contributed by atoms with Crippen LogP contribution in [0.15, 0.2) is 115 Å². The summed E-state index contributed by atoms with van der Waals surface area (Å²) in [6.45, 7) is 0. The highest BCUT2D eigenvalue weighted by Crippen LogP contribution is 2.42. The van der Waals surface area contributed by atoms with E-state index in [1.807, 2.05) is 6.07 Å². The fraction of sp³-hybridized carbons (Fsp3) is 0. The molecule has 0 fully saturated rings. The summed E-state index contributed by atoms with van der Waals surface area (Å²) >= 11 is 0. The third kappa shape index (κ3) is 2.82. The van der Waals surface area contributed by atoms with E-state index in [-0.39, 0.29) is 0 Å². The molecular weight excluding hydrogens is 474 g/mol. The van der Waals surface area contributed by atoms with Gasteiger partial charge in [-0.15, -0.1) is 0 Å². The Kier molecular flexibility index (Phi) is 3.93. The zero-order valence-electron chi connectivity index (χ0n) is 20.9. The van der Waals surface area contributed by atoms with Gasteiger partial charge in [0.05, 0.1) is 5.69 Å². The smallest absolute Gasteiger partial charge is 0.162 e. The molecule has 3 nitrogen and oxygen atoms in total. The van der Waals surface area contributed by atoms with E-state index in [0.29, 0.717) is 11.6 Å². The molecule has 0 bridgehead atoms. The molecule has 2 N–H and O–H groups in total. The van der Waals surface area contributed by atoms with Gasteiger partial charge < -0.3 is 5.73 Å². The van der Waals surface area contributed by atoms with Gasteiger partial charge in [0.15, 0.2) is 5.82 Å². The summed E-state index contributed by atoms with van der Waals surface area (Å²) < 4.78 is 0. The minimum Gasteiger partial charge on any atom is -0.384 e. The van der Waals surface area contributed by atoms with Crippen LogP contribution in [-0.4, -0.2) is 9.97 Å². The molecular formula is C36H21N3. The molecule has 3 heteroatoms. The van der Waals surface area contributed by atoms with Crippen molar-refractivity contribution in [1.29, 1.82) is 0 Å². The highest BCUT2D eigenvalue weighted by molar-refractivity contribution is 6.27. The van der Waals surface area contributed by atoms with Gasteiger partial charge in [-0.3, -0.25) is 0 Å². The van der Waals surface area contributed by atoms with Crippen LogP contribution in [0, 0.1) is 0 Å². The van der Waals surface area contributed by atoms with Crippen LogP contribution >= 0.6 is 0 Å². The van der Waals surface area contributed by atoms with E-state index in [4.69, 9.17) is 15.7 Å². The molecule has 0 aliphatic rings. The Labute approximate surface area is 223 Å².